The van der Waals surface area contributed by atoms with Gasteiger partial charge < -0.3 is 4.80 Å². The predicted octanol–water partition coefficient (Wildman–Crippen LogP) is 0.927. The molecule has 0 spiro atoms. The van der Waals surface area contributed by atoms with Crippen molar-refractivity contribution in [2.45, 2.75) is 6.55 Å². The Morgan fingerprint density at radius 1 is 1.30 bits per heavy atom. The zero-order chi connectivity index (χ0) is 7.61. The van der Waals surface area contributed by atoms with Gasteiger partial charge in [0.25, 0.3) is 0 Å². The molecule has 10 heavy (non-hydrogen) atoms. The Bertz CT molecular complexity index is 205. The molecule has 1 nitrogen and oxygen atoms in total. The lowest BCUT2D eigenvalue weighted by Crippen LogP contribution is -2.39. The van der Waals surface area contributed by atoms with Crippen molar-refractivity contribution in [2.75, 3.05) is 0 Å². The predicted molar refractivity (Wildman–Crippen MR) is 41.0 cm³/mol. The largest absolute Gasteiger partial charge is 0.410 e. The summed E-state index contributed by atoms with van der Waals surface area (Å²) in [5.74, 6) is 0. The van der Waals surface area contributed by atoms with Crippen molar-refractivity contribution in [3.63, 3.8) is 0 Å². The number of hydrogen-bond acceptors (Lipinski definition) is 1. The molecule has 0 aromatic heterocycles. The van der Waals surface area contributed by atoms with Crippen LogP contribution < -0.4 is 5.19 Å². The number of benzene rings is 1. The Labute approximate surface area is 60.4 Å². The van der Waals surface area contributed by atoms with Crippen LogP contribution in [-0.4, -0.2) is 13.4 Å². The third-order valence-corrected chi connectivity index (χ3v) is 2.69. The summed E-state index contributed by atoms with van der Waals surface area (Å²) in [5, 5.41) is 0.426. The van der Waals surface area contributed by atoms with E-state index in [9.17, 15) is 4.11 Å². The van der Waals surface area contributed by atoms with Crippen molar-refractivity contribution < 1.29 is 8.90 Å². The quantitative estimate of drug-likeness (QED) is 0.473. The van der Waals surface area contributed by atoms with Crippen LogP contribution in [0.5, 0.6) is 0 Å². The van der Waals surface area contributed by atoms with Gasteiger partial charge in [0, 0.05) is 0 Å². The van der Waals surface area contributed by atoms with Gasteiger partial charge in [-0.3, -0.25) is 4.11 Å². The second kappa shape index (κ2) is 2.52. The van der Waals surface area contributed by atoms with Crippen LogP contribution in [0.25, 0.3) is 0 Å². The first kappa shape index (κ1) is 7.43. The molecule has 0 saturated heterocycles. The summed E-state index contributed by atoms with van der Waals surface area (Å²) in [6.07, 6.45) is 0. The van der Waals surface area contributed by atoms with Gasteiger partial charge in [0.1, 0.15) is 0 Å². The second-order valence-electron chi connectivity index (χ2n) is 2.32. The molecule has 1 unspecified atom stereocenters. The third kappa shape index (κ3) is 1.65. The van der Waals surface area contributed by atoms with E-state index >= 15 is 0 Å². The van der Waals surface area contributed by atoms with Crippen LogP contribution in [0.1, 0.15) is 0 Å². The topological polar surface area (TPSA) is 20.2 Å². The highest BCUT2D eigenvalue weighted by Crippen LogP contribution is 1.98. The number of halogens is 1. The maximum absolute atomic E-state index is 12.8. The van der Waals surface area contributed by atoms with Crippen molar-refractivity contribution in [1.29, 1.82) is 0 Å². The molecule has 1 rings (SSSR count). The lowest BCUT2D eigenvalue weighted by Gasteiger charge is -2.07. The van der Waals surface area contributed by atoms with Gasteiger partial charge in [-0.05, 0) is 11.7 Å². The molecule has 1 aromatic rings. The smallest absolute Gasteiger partial charge is 0.405 e. The zero-order valence-corrected chi connectivity index (χ0v) is 6.71. The van der Waals surface area contributed by atoms with Crippen molar-refractivity contribution in [2.24, 2.45) is 0 Å². The fourth-order valence-corrected chi connectivity index (χ4v) is 1.54. The van der Waals surface area contributed by atoms with Gasteiger partial charge in [-0.2, -0.15) is 0 Å². The van der Waals surface area contributed by atoms with Crippen LogP contribution >= 0.6 is 0 Å². The Morgan fingerprint density at radius 2 is 1.80 bits per heavy atom. The molecule has 1 N–H and O–H groups in total. The van der Waals surface area contributed by atoms with E-state index in [1.165, 1.54) is 6.55 Å². The van der Waals surface area contributed by atoms with Crippen LogP contribution in [0, 0.1) is 0 Å². The molecule has 1 aromatic carbocycles. The first-order chi connectivity index (χ1) is 4.61. The molecule has 0 bridgehead atoms. The minimum absolute atomic E-state index is 0.426. The van der Waals surface area contributed by atoms with Crippen molar-refractivity contribution in [3.05, 3.63) is 30.3 Å². The van der Waals surface area contributed by atoms with E-state index in [1.807, 2.05) is 0 Å². The first-order valence-corrected chi connectivity index (χ1v) is 5.40. The van der Waals surface area contributed by atoms with E-state index in [4.69, 9.17) is 4.80 Å². The molecular weight excluding hydrogens is 147 g/mol. The van der Waals surface area contributed by atoms with Gasteiger partial charge in [-0.1, -0.05) is 30.3 Å². The van der Waals surface area contributed by atoms with Crippen LogP contribution in [-0.2, 0) is 0 Å². The van der Waals surface area contributed by atoms with Gasteiger partial charge in [0.2, 0.25) is 0 Å². The van der Waals surface area contributed by atoms with Crippen LogP contribution in [0.4, 0.5) is 4.11 Å². The summed E-state index contributed by atoms with van der Waals surface area (Å²) in [5.41, 5.74) is 0. The fourth-order valence-electron chi connectivity index (χ4n) is 0.742. The molecule has 0 heterocycles. The van der Waals surface area contributed by atoms with Gasteiger partial charge in [-0.15, -0.1) is 0 Å². The number of rotatable bonds is 1. The normalized spacial score (nSPS) is 16.3. The van der Waals surface area contributed by atoms with Crippen molar-refractivity contribution in [1.82, 2.24) is 0 Å². The molecule has 0 aliphatic heterocycles. The third-order valence-electron chi connectivity index (χ3n) is 1.30. The lowest BCUT2D eigenvalue weighted by atomic mass is 10.4. The molecule has 3 heteroatoms. The molecular formula is C7H9FOSi. The van der Waals surface area contributed by atoms with Gasteiger partial charge in [0.15, 0.2) is 0 Å². The monoisotopic (exact) mass is 156 g/mol. The zero-order valence-electron chi connectivity index (χ0n) is 5.71. The fraction of sp³-hybridized carbons (Fsp3) is 0.143. The molecule has 1 atom stereocenters. The SMILES string of the molecule is C[Si](O)(F)c1ccccc1. The summed E-state index contributed by atoms with van der Waals surface area (Å²) >= 11 is 0. The Hall–Kier alpha value is -0.673. The van der Waals surface area contributed by atoms with Gasteiger partial charge in [-0.25, -0.2) is 0 Å². The average Bonchev–Trinajstić information content (AvgIpc) is 1.88. The molecule has 0 radical (unpaired) electrons. The molecule has 0 fully saturated rings. The Kier molecular flexibility index (Phi) is 1.87. The molecule has 0 aliphatic rings. The molecule has 0 saturated carbocycles. The highest BCUT2D eigenvalue weighted by Gasteiger charge is 2.26. The Balaban J connectivity index is 2.97. The van der Waals surface area contributed by atoms with Gasteiger partial charge >= 0.3 is 8.65 Å². The minimum atomic E-state index is -3.53. The standard InChI is InChI=1S/C7H9FOSi/c1-10(8,9)7-5-3-2-4-6-7/h2-6,9H,1H3. The minimum Gasteiger partial charge on any atom is -0.405 e. The summed E-state index contributed by atoms with van der Waals surface area (Å²) in [4.78, 5) is 8.96. The summed E-state index contributed by atoms with van der Waals surface area (Å²) in [7, 11) is -3.53. The first-order valence-electron chi connectivity index (χ1n) is 3.07. The summed E-state index contributed by atoms with van der Waals surface area (Å²) in [6.45, 7) is 1.25. The van der Waals surface area contributed by atoms with Crippen molar-refractivity contribution >= 4 is 13.8 Å². The van der Waals surface area contributed by atoms with E-state index in [-0.39, 0.29) is 0 Å². The van der Waals surface area contributed by atoms with Crippen LogP contribution in [0.3, 0.4) is 0 Å². The second-order valence-corrected chi connectivity index (χ2v) is 4.80. The molecule has 54 valence electrons. The van der Waals surface area contributed by atoms with E-state index in [2.05, 4.69) is 0 Å². The summed E-state index contributed by atoms with van der Waals surface area (Å²) in [6, 6.07) is 8.44. The van der Waals surface area contributed by atoms with Gasteiger partial charge in [0.05, 0.1) is 0 Å². The highest BCUT2D eigenvalue weighted by molar-refractivity contribution is 6.78. The lowest BCUT2D eigenvalue weighted by molar-refractivity contribution is 0.481. The maximum Gasteiger partial charge on any atom is 0.410 e. The average molecular weight is 156 g/mol. The van der Waals surface area contributed by atoms with Crippen LogP contribution in [0.2, 0.25) is 6.55 Å². The van der Waals surface area contributed by atoms with E-state index in [0.717, 1.165) is 0 Å². The summed E-state index contributed by atoms with van der Waals surface area (Å²) < 4.78 is 12.8. The van der Waals surface area contributed by atoms with E-state index < -0.39 is 8.65 Å². The van der Waals surface area contributed by atoms with E-state index in [1.54, 1.807) is 30.3 Å². The Morgan fingerprint density at radius 3 is 2.10 bits per heavy atom. The van der Waals surface area contributed by atoms with Crippen LogP contribution in [0.15, 0.2) is 30.3 Å². The maximum atomic E-state index is 12.8. The molecule has 0 aliphatic carbocycles. The molecule has 0 amide bonds. The van der Waals surface area contributed by atoms with E-state index in [0.29, 0.717) is 5.19 Å². The van der Waals surface area contributed by atoms with Crippen molar-refractivity contribution in [3.8, 4) is 0 Å². The highest BCUT2D eigenvalue weighted by atomic mass is 28.4. The number of hydrogen-bond donors (Lipinski definition) is 1.